The number of aromatic nitrogens is 1. The second-order valence-corrected chi connectivity index (χ2v) is 10.4. The van der Waals surface area contributed by atoms with Crippen molar-refractivity contribution in [3.8, 4) is 28.7 Å². The van der Waals surface area contributed by atoms with Crippen LogP contribution in [0.3, 0.4) is 0 Å². The predicted octanol–water partition coefficient (Wildman–Crippen LogP) is 4.92. The first kappa shape index (κ1) is 30.6. The summed E-state index contributed by atoms with van der Waals surface area (Å²) in [5, 5.41) is 10.6. The lowest BCUT2D eigenvalue weighted by atomic mass is 9.62. The maximum Gasteiger partial charge on any atom is 0.310 e. The van der Waals surface area contributed by atoms with Gasteiger partial charge in [-0.2, -0.15) is 0 Å². The van der Waals surface area contributed by atoms with E-state index in [1.54, 1.807) is 12.1 Å². The molecule has 0 amide bonds. The Balaban J connectivity index is 0.00000194. The van der Waals surface area contributed by atoms with Crippen molar-refractivity contribution < 1.29 is 33.6 Å². The largest absolute Gasteiger partial charge is 0.502 e. The van der Waals surface area contributed by atoms with E-state index in [1.165, 1.54) is 19.8 Å². The van der Waals surface area contributed by atoms with Gasteiger partial charge in [0.05, 0.1) is 26.7 Å². The van der Waals surface area contributed by atoms with E-state index in [2.05, 4.69) is 23.0 Å². The van der Waals surface area contributed by atoms with E-state index >= 15 is 0 Å². The summed E-state index contributed by atoms with van der Waals surface area (Å²) in [5.41, 5.74) is 4.14. The summed E-state index contributed by atoms with van der Waals surface area (Å²) in [7, 11) is 5.10. The fraction of sp³-hybridized carbons (Fsp3) is 0.400. The van der Waals surface area contributed by atoms with Crippen LogP contribution in [0.25, 0.3) is 0 Å². The number of methoxy groups -OCH3 is 2. The fourth-order valence-electron chi connectivity index (χ4n) is 6.38. The number of halogens is 2. The first-order valence-corrected chi connectivity index (χ1v) is 13.1. The van der Waals surface area contributed by atoms with Crippen LogP contribution in [0.4, 0.5) is 0 Å². The molecule has 1 unspecified atom stereocenters. The van der Waals surface area contributed by atoms with Gasteiger partial charge in [0.1, 0.15) is 0 Å². The third-order valence-electron chi connectivity index (χ3n) is 8.23. The highest BCUT2D eigenvalue weighted by molar-refractivity contribution is 5.85. The molecular weight excluding hydrogens is 571 g/mol. The summed E-state index contributed by atoms with van der Waals surface area (Å²) >= 11 is 0. The molecule has 41 heavy (non-hydrogen) atoms. The molecule has 4 atom stereocenters. The quantitative estimate of drug-likeness (QED) is 0.359. The molecule has 6 rings (SSSR count). The molecule has 0 saturated carbocycles. The number of carbonyl (C=O) groups excluding carboxylic acids is 1. The van der Waals surface area contributed by atoms with Crippen molar-refractivity contribution in [1.82, 2.24) is 9.88 Å². The highest BCUT2D eigenvalue weighted by Crippen LogP contribution is 2.57. The summed E-state index contributed by atoms with van der Waals surface area (Å²) in [4.78, 5) is 19.7. The van der Waals surface area contributed by atoms with Gasteiger partial charge in [0.25, 0.3) is 0 Å². The van der Waals surface area contributed by atoms with Gasteiger partial charge in [-0.3, -0.25) is 9.78 Å². The predicted molar refractivity (Wildman–Crippen MR) is 156 cm³/mol. The van der Waals surface area contributed by atoms with Gasteiger partial charge in [-0.15, -0.1) is 24.8 Å². The van der Waals surface area contributed by atoms with Crippen LogP contribution in [0.2, 0.25) is 0 Å². The van der Waals surface area contributed by atoms with Crippen LogP contribution in [0.15, 0.2) is 48.8 Å². The molecule has 0 bridgehead atoms. The fourth-order valence-corrected chi connectivity index (χ4v) is 6.38. The molecule has 220 valence electrons. The Morgan fingerprint density at radius 2 is 1.61 bits per heavy atom. The molecule has 1 aliphatic carbocycles. The molecule has 1 aromatic heterocycles. The Hall–Kier alpha value is -3.40. The Morgan fingerprint density at radius 3 is 2.24 bits per heavy atom. The smallest absolute Gasteiger partial charge is 0.310 e. The molecule has 2 aromatic carbocycles. The summed E-state index contributed by atoms with van der Waals surface area (Å²) in [6.45, 7) is 2.17. The summed E-state index contributed by atoms with van der Waals surface area (Å²) in [6, 6.07) is 11.7. The number of fused-ring (bicyclic) bond motifs is 3. The molecular formula is C30H34Cl2N2O7. The number of benzene rings is 2. The van der Waals surface area contributed by atoms with Crippen LogP contribution in [-0.4, -0.2) is 62.2 Å². The van der Waals surface area contributed by atoms with Crippen LogP contribution < -0.4 is 18.9 Å². The second kappa shape index (κ2) is 12.6. The van der Waals surface area contributed by atoms with Gasteiger partial charge in [-0.1, -0.05) is 0 Å². The molecule has 3 heterocycles. The van der Waals surface area contributed by atoms with E-state index in [-0.39, 0.29) is 72.6 Å². The molecule has 0 radical (unpaired) electrons. The zero-order valence-corrected chi connectivity index (χ0v) is 24.7. The number of aromatic hydroxyl groups is 1. The number of cyclic esters (lactones) is 1. The molecule has 1 fully saturated rings. The average Bonchev–Trinajstić information content (AvgIpc) is 3.57. The van der Waals surface area contributed by atoms with E-state index in [1.807, 2.05) is 30.6 Å². The lowest BCUT2D eigenvalue weighted by Crippen LogP contribution is -2.36. The number of ether oxygens (including phenoxy) is 5. The number of hydrogen-bond donors (Lipinski definition) is 1. The topological polar surface area (TPSA) is 99.6 Å². The van der Waals surface area contributed by atoms with Crippen molar-refractivity contribution in [1.29, 1.82) is 0 Å². The summed E-state index contributed by atoms with van der Waals surface area (Å²) < 4.78 is 28.2. The molecule has 2 aliphatic heterocycles. The number of rotatable bonds is 8. The molecule has 1 N–H and O–H groups in total. The summed E-state index contributed by atoms with van der Waals surface area (Å²) in [5.74, 6) is 1.00. The number of carbonyl (C=O) groups is 1. The SMILES string of the molecule is COc1cc([C@@H]2c3cc4c(cc3[C@@H](CCN(C)Cc3ccncc3)C3COC(=O)[C@@H]32)OCO4)cc(OC)c1O.Cl.Cl. The minimum absolute atomic E-state index is 0. The minimum atomic E-state index is -0.396. The highest BCUT2D eigenvalue weighted by Gasteiger charge is 2.52. The first-order chi connectivity index (χ1) is 19.0. The van der Waals surface area contributed by atoms with Crippen LogP contribution in [0, 0.1) is 11.8 Å². The number of pyridine rings is 1. The maximum atomic E-state index is 13.3. The van der Waals surface area contributed by atoms with Gasteiger partial charge in [0, 0.05) is 30.8 Å². The van der Waals surface area contributed by atoms with E-state index in [0.717, 1.165) is 36.2 Å². The van der Waals surface area contributed by atoms with Gasteiger partial charge >= 0.3 is 5.97 Å². The molecule has 9 nitrogen and oxygen atoms in total. The van der Waals surface area contributed by atoms with Crippen LogP contribution in [-0.2, 0) is 16.1 Å². The third-order valence-corrected chi connectivity index (χ3v) is 8.23. The number of nitrogens with zero attached hydrogens (tertiary/aromatic N) is 2. The zero-order valence-electron chi connectivity index (χ0n) is 23.1. The Morgan fingerprint density at radius 1 is 0.976 bits per heavy atom. The van der Waals surface area contributed by atoms with Gasteiger partial charge < -0.3 is 33.7 Å². The van der Waals surface area contributed by atoms with E-state index < -0.39 is 5.92 Å². The Bertz CT molecular complexity index is 1370. The lowest BCUT2D eigenvalue weighted by Gasteiger charge is -2.40. The van der Waals surface area contributed by atoms with Crippen molar-refractivity contribution in [3.63, 3.8) is 0 Å². The van der Waals surface area contributed by atoms with Gasteiger partial charge in [0.15, 0.2) is 23.0 Å². The van der Waals surface area contributed by atoms with Crippen LogP contribution in [0.5, 0.6) is 28.7 Å². The molecule has 1 saturated heterocycles. The van der Waals surface area contributed by atoms with Crippen molar-refractivity contribution in [2.45, 2.75) is 24.8 Å². The number of phenolic OH excluding ortho intramolecular Hbond substituents is 1. The maximum absolute atomic E-state index is 13.3. The number of hydrogen-bond acceptors (Lipinski definition) is 9. The number of phenols is 1. The highest BCUT2D eigenvalue weighted by atomic mass is 35.5. The van der Waals surface area contributed by atoms with E-state index in [4.69, 9.17) is 23.7 Å². The van der Waals surface area contributed by atoms with Crippen LogP contribution >= 0.6 is 24.8 Å². The minimum Gasteiger partial charge on any atom is -0.502 e. The first-order valence-electron chi connectivity index (χ1n) is 13.1. The monoisotopic (exact) mass is 604 g/mol. The standard InChI is InChI=1S/C30H32N2O7.2ClH/c1-32(14-17-4-7-31-8-5-17)9-6-19-20-12-23-24(39-16-38-23)13-21(20)27(28-22(19)15-37-30(28)34)18-10-25(35-2)29(33)26(11-18)36-3;;/h4-5,7-8,10-13,19,22,27-28,33H,6,9,14-16H2,1-3H3;2*1H/t19-,22?,27-,28+;;/m1../s1. The summed E-state index contributed by atoms with van der Waals surface area (Å²) in [6.07, 6.45) is 4.46. The second-order valence-electron chi connectivity index (χ2n) is 10.4. The molecule has 3 aromatic rings. The van der Waals surface area contributed by atoms with Crippen molar-refractivity contribution in [2.24, 2.45) is 11.8 Å². The van der Waals surface area contributed by atoms with Crippen molar-refractivity contribution in [2.75, 3.05) is 41.2 Å². The van der Waals surface area contributed by atoms with Crippen LogP contribution in [0.1, 0.15) is 40.5 Å². The van der Waals surface area contributed by atoms with E-state index in [0.29, 0.717) is 18.1 Å². The normalized spacial score (nSPS) is 21.7. The molecule has 3 aliphatic rings. The van der Waals surface area contributed by atoms with Crippen molar-refractivity contribution in [3.05, 3.63) is 71.0 Å². The Labute approximate surface area is 251 Å². The van der Waals surface area contributed by atoms with Gasteiger partial charge in [-0.25, -0.2) is 0 Å². The van der Waals surface area contributed by atoms with Crippen molar-refractivity contribution >= 4 is 30.8 Å². The molecule has 0 spiro atoms. The molecule has 11 heteroatoms. The van der Waals surface area contributed by atoms with E-state index in [9.17, 15) is 9.90 Å². The Kier molecular flexibility index (Phi) is 9.41. The third kappa shape index (κ3) is 5.58. The number of esters is 1. The zero-order chi connectivity index (χ0) is 27.1. The average molecular weight is 606 g/mol. The van der Waals surface area contributed by atoms with Gasteiger partial charge in [-0.05, 0) is 84.6 Å². The lowest BCUT2D eigenvalue weighted by molar-refractivity contribution is -0.141. The van der Waals surface area contributed by atoms with Gasteiger partial charge in [0.2, 0.25) is 12.5 Å².